The number of amides is 1. The first-order chi connectivity index (χ1) is 11.2. The number of anilines is 2. The highest BCUT2D eigenvalue weighted by Gasteiger charge is 2.04. The van der Waals surface area contributed by atoms with Crippen LogP contribution in [0.2, 0.25) is 0 Å². The Kier molecular flexibility index (Phi) is 6.44. The van der Waals surface area contributed by atoms with E-state index in [4.69, 9.17) is 15.6 Å². The van der Waals surface area contributed by atoms with Crippen LogP contribution >= 0.6 is 0 Å². The molecule has 5 nitrogen and oxygen atoms in total. The minimum atomic E-state index is -0.482. The molecule has 2 rings (SSSR count). The molecule has 0 radical (unpaired) electrons. The van der Waals surface area contributed by atoms with Gasteiger partial charge in [0.1, 0.15) is 0 Å². The average molecular weight is 314 g/mol. The molecule has 0 aliphatic rings. The number of carbonyl (C=O) groups excluding carboxylic acids is 1. The van der Waals surface area contributed by atoms with Crippen molar-refractivity contribution < 1.29 is 14.6 Å². The molecule has 0 bridgehead atoms. The molecule has 2 aromatic carbocycles. The number of hydrogen-bond acceptors (Lipinski definition) is 4. The summed E-state index contributed by atoms with van der Waals surface area (Å²) in [7, 11) is 0. The fourth-order valence-corrected chi connectivity index (χ4v) is 2.23. The Labute approximate surface area is 136 Å². The second-order valence-electron chi connectivity index (χ2n) is 5.31. The number of nitrogens with two attached hydrogens (primary N) is 1. The second kappa shape index (κ2) is 8.80. The van der Waals surface area contributed by atoms with Crippen LogP contribution < -0.4 is 11.1 Å². The molecule has 0 atom stereocenters. The molecule has 1 amide bonds. The van der Waals surface area contributed by atoms with E-state index in [2.05, 4.69) is 5.32 Å². The van der Waals surface area contributed by atoms with Crippen LogP contribution in [0.25, 0.3) is 0 Å². The summed E-state index contributed by atoms with van der Waals surface area (Å²) >= 11 is 0. The van der Waals surface area contributed by atoms with Crippen LogP contribution in [0.15, 0.2) is 48.5 Å². The van der Waals surface area contributed by atoms with Gasteiger partial charge >= 0.3 is 6.09 Å². The zero-order valence-corrected chi connectivity index (χ0v) is 13.0. The van der Waals surface area contributed by atoms with E-state index in [1.807, 2.05) is 48.5 Å². The van der Waals surface area contributed by atoms with Crippen molar-refractivity contribution in [3.8, 4) is 0 Å². The Morgan fingerprint density at radius 2 is 1.83 bits per heavy atom. The summed E-state index contributed by atoms with van der Waals surface area (Å²) in [6, 6.07) is 15.4. The topological polar surface area (TPSA) is 84.6 Å². The lowest BCUT2D eigenvalue weighted by atomic mass is 10.0. The molecule has 0 saturated carbocycles. The highest BCUT2D eigenvalue weighted by Crippen LogP contribution is 2.16. The van der Waals surface area contributed by atoms with Crippen molar-refractivity contribution in [2.24, 2.45) is 0 Å². The first-order valence-corrected chi connectivity index (χ1v) is 7.65. The van der Waals surface area contributed by atoms with Gasteiger partial charge in [-0.3, -0.25) is 5.32 Å². The molecule has 0 fully saturated rings. The molecule has 0 unspecified atom stereocenters. The summed E-state index contributed by atoms with van der Waals surface area (Å²) in [6.07, 6.45) is 1.54. The van der Waals surface area contributed by atoms with E-state index in [9.17, 15) is 4.79 Å². The monoisotopic (exact) mass is 314 g/mol. The zero-order chi connectivity index (χ0) is 16.5. The van der Waals surface area contributed by atoms with Gasteiger partial charge < -0.3 is 15.6 Å². The lowest BCUT2D eigenvalue weighted by Gasteiger charge is -2.09. The molecule has 0 aliphatic heterocycles. The van der Waals surface area contributed by atoms with Crippen molar-refractivity contribution >= 4 is 17.5 Å². The fraction of sp³-hybridized carbons (Fsp3) is 0.278. The van der Waals surface area contributed by atoms with Crippen LogP contribution in [0.5, 0.6) is 0 Å². The highest BCUT2D eigenvalue weighted by atomic mass is 16.5. The molecule has 23 heavy (non-hydrogen) atoms. The van der Waals surface area contributed by atoms with E-state index < -0.39 is 6.09 Å². The Balaban J connectivity index is 1.90. The maximum atomic E-state index is 11.7. The molecule has 0 aliphatic carbocycles. The van der Waals surface area contributed by atoms with Gasteiger partial charge in [-0.2, -0.15) is 0 Å². The summed E-state index contributed by atoms with van der Waals surface area (Å²) in [5.41, 5.74) is 9.42. The summed E-state index contributed by atoms with van der Waals surface area (Å²) in [5, 5.41) is 11.4. The number of benzene rings is 2. The minimum Gasteiger partial charge on any atom is -0.449 e. The first-order valence-electron chi connectivity index (χ1n) is 7.65. The summed E-state index contributed by atoms with van der Waals surface area (Å²) in [5.74, 6) is 0. The van der Waals surface area contributed by atoms with Crippen LogP contribution in [0.3, 0.4) is 0 Å². The molecule has 0 spiro atoms. The van der Waals surface area contributed by atoms with Gasteiger partial charge in [0.15, 0.2) is 0 Å². The van der Waals surface area contributed by atoms with Crippen LogP contribution in [0, 0.1) is 0 Å². The Morgan fingerprint density at radius 1 is 1.09 bits per heavy atom. The standard InChI is InChI=1S/C18H22N2O3/c19-16-7-3-5-14(12-16)11-15-6-4-8-17(13-15)20-18(22)23-10-2-1-9-21/h3-8,12-13,21H,1-2,9-11,19H2,(H,20,22). The maximum Gasteiger partial charge on any atom is 0.411 e. The van der Waals surface area contributed by atoms with Gasteiger partial charge in [0, 0.05) is 18.0 Å². The molecule has 2 aromatic rings. The second-order valence-corrected chi connectivity index (χ2v) is 5.31. The van der Waals surface area contributed by atoms with Gasteiger partial charge in [0.05, 0.1) is 6.61 Å². The predicted octanol–water partition coefficient (Wildman–Crippen LogP) is 3.18. The molecule has 0 aromatic heterocycles. The van der Waals surface area contributed by atoms with Crippen LogP contribution in [0.4, 0.5) is 16.2 Å². The Morgan fingerprint density at radius 3 is 2.57 bits per heavy atom. The number of unbranched alkanes of at least 4 members (excludes halogenated alkanes) is 1. The smallest absolute Gasteiger partial charge is 0.411 e. The van der Waals surface area contributed by atoms with Gasteiger partial charge in [-0.05, 0) is 54.7 Å². The van der Waals surface area contributed by atoms with E-state index in [-0.39, 0.29) is 6.61 Å². The molecule has 4 N–H and O–H groups in total. The van der Waals surface area contributed by atoms with E-state index >= 15 is 0 Å². The van der Waals surface area contributed by atoms with Crippen LogP contribution in [0.1, 0.15) is 24.0 Å². The van der Waals surface area contributed by atoms with Crippen molar-refractivity contribution in [1.29, 1.82) is 0 Å². The summed E-state index contributed by atoms with van der Waals surface area (Å²) in [4.78, 5) is 11.7. The van der Waals surface area contributed by atoms with Crippen molar-refractivity contribution in [3.05, 3.63) is 59.7 Å². The number of rotatable bonds is 7. The molecule has 5 heteroatoms. The van der Waals surface area contributed by atoms with E-state index in [1.54, 1.807) is 0 Å². The SMILES string of the molecule is Nc1cccc(Cc2cccc(NC(=O)OCCCCO)c2)c1. The fourth-order valence-electron chi connectivity index (χ4n) is 2.23. The van der Waals surface area contributed by atoms with Crippen LogP contribution in [-0.2, 0) is 11.2 Å². The van der Waals surface area contributed by atoms with Gasteiger partial charge in [-0.15, -0.1) is 0 Å². The lowest BCUT2D eigenvalue weighted by Crippen LogP contribution is -2.14. The average Bonchev–Trinajstić information content (AvgIpc) is 2.52. The number of aliphatic hydroxyl groups is 1. The maximum absolute atomic E-state index is 11.7. The predicted molar refractivity (Wildman–Crippen MR) is 91.4 cm³/mol. The van der Waals surface area contributed by atoms with Crippen molar-refractivity contribution in [1.82, 2.24) is 0 Å². The largest absolute Gasteiger partial charge is 0.449 e. The number of nitrogen functional groups attached to an aromatic ring is 1. The molecule has 0 saturated heterocycles. The third-order valence-electron chi connectivity index (χ3n) is 3.32. The quantitative estimate of drug-likeness (QED) is 0.541. The molecule has 0 heterocycles. The summed E-state index contributed by atoms with van der Waals surface area (Å²) in [6.45, 7) is 0.409. The zero-order valence-electron chi connectivity index (χ0n) is 13.0. The normalized spacial score (nSPS) is 10.3. The van der Waals surface area contributed by atoms with Gasteiger partial charge in [0.2, 0.25) is 0 Å². The van der Waals surface area contributed by atoms with Crippen LogP contribution in [-0.4, -0.2) is 24.4 Å². The number of ether oxygens (including phenoxy) is 1. The first kappa shape index (κ1) is 16.8. The van der Waals surface area contributed by atoms with Crippen molar-refractivity contribution in [2.75, 3.05) is 24.3 Å². The Hall–Kier alpha value is -2.53. The third-order valence-corrected chi connectivity index (χ3v) is 3.32. The molecule has 122 valence electrons. The number of nitrogens with one attached hydrogen (secondary N) is 1. The lowest BCUT2D eigenvalue weighted by molar-refractivity contribution is 0.155. The van der Waals surface area contributed by atoms with Crippen molar-refractivity contribution in [3.63, 3.8) is 0 Å². The van der Waals surface area contributed by atoms with E-state index in [0.717, 1.165) is 23.2 Å². The number of hydrogen-bond donors (Lipinski definition) is 3. The summed E-state index contributed by atoms with van der Waals surface area (Å²) < 4.78 is 5.04. The van der Waals surface area contributed by atoms with Crippen molar-refractivity contribution in [2.45, 2.75) is 19.3 Å². The third kappa shape index (κ3) is 6.00. The van der Waals surface area contributed by atoms with E-state index in [1.165, 1.54) is 0 Å². The molecular weight excluding hydrogens is 292 g/mol. The van der Waals surface area contributed by atoms with Gasteiger partial charge in [-0.25, -0.2) is 4.79 Å². The number of aliphatic hydroxyl groups excluding tert-OH is 1. The Bertz CT molecular complexity index is 644. The van der Waals surface area contributed by atoms with Gasteiger partial charge in [-0.1, -0.05) is 24.3 Å². The molecular formula is C18H22N2O3. The minimum absolute atomic E-state index is 0.108. The van der Waals surface area contributed by atoms with Gasteiger partial charge in [0.25, 0.3) is 0 Å². The number of carbonyl (C=O) groups is 1. The highest BCUT2D eigenvalue weighted by molar-refractivity contribution is 5.84. The van der Waals surface area contributed by atoms with E-state index in [0.29, 0.717) is 25.1 Å².